The minimum Gasteiger partial charge on any atom is -0.0654 e. The van der Waals surface area contributed by atoms with Gasteiger partial charge in [0.15, 0.2) is 0 Å². The van der Waals surface area contributed by atoms with E-state index in [1.165, 1.54) is 103 Å². The van der Waals surface area contributed by atoms with E-state index in [2.05, 4.69) is 6.92 Å². The Morgan fingerprint density at radius 1 is 0.520 bits per heavy atom. The van der Waals surface area contributed by atoms with Crippen LogP contribution >= 0.6 is 0 Å². The number of hydrogen-bond donors (Lipinski definition) is 0. The summed E-state index contributed by atoms with van der Waals surface area (Å²) in [7, 11) is 0. The van der Waals surface area contributed by atoms with Crippen LogP contribution in [0.1, 0.15) is 142 Å². The van der Waals surface area contributed by atoms with Crippen LogP contribution in [0.5, 0.6) is 0 Å². The van der Waals surface area contributed by atoms with Gasteiger partial charge in [-0.25, -0.2) is 0 Å². The van der Waals surface area contributed by atoms with E-state index in [1.807, 2.05) is 0 Å². The fraction of sp³-hybridized carbons (Fsp3) is 1.00. The molecule has 148 valence electrons. The number of hydrogen-bond acceptors (Lipinski definition) is 0. The standard InChI is InChI=1S/C25H48/c1-2-3-4-5-6-9-12-15-18-23-21-24-19-16-13-10-7-8-11-14-17-20-25(24)22-23/h23-25H,2-22H2,1H3. The molecule has 0 nitrogen and oxygen atoms in total. The van der Waals surface area contributed by atoms with Gasteiger partial charge in [-0.15, -0.1) is 0 Å². The molecule has 0 N–H and O–H groups in total. The summed E-state index contributed by atoms with van der Waals surface area (Å²) in [6, 6.07) is 0. The summed E-state index contributed by atoms with van der Waals surface area (Å²) in [5.74, 6) is 3.32. The zero-order chi connectivity index (χ0) is 17.6. The highest BCUT2D eigenvalue weighted by Crippen LogP contribution is 2.44. The van der Waals surface area contributed by atoms with Gasteiger partial charge in [0.2, 0.25) is 0 Å². The molecule has 2 unspecified atom stereocenters. The highest BCUT2D eigenvalue weighted by Gasteiger charge is 2.32. The Balaban J connectivity index is 1.58. The Kier molecular flexibility index (Phi) is 12.0. The Morgan fingerprint density at radius 2 is 0.960 bits per heavy atom. The first-order valence-electron chi connectivity index (χ1n) is 12.4. The monoisotopic (exact) mass is 348 g/mol. The van der Waals surface area contributed by atoms with Gasteiger partial charge in [-0.3, -0.25) is 0 Å². The van der Waals surface area contributed by atoms with Crippen LogP contribution in [0.2, 0.25) is 0 Å². The minimum atomic E-state index is 1.10. The van der Waals surface area contributed by atoms with E-state index in [0.717, 1.165) is 17.8 Å². The molecule has 0 aliphatic heterocycles. The van der Waals surface area contributed by atoms with Crippen molar-refractivity contribution >= 4 is 0 Å². The van der Waals surface area contributed by atoms with Crippen molar-refractivity contribution in [2.45, 2.75) is 142 Å². The van der Waals surface area contributed by atoms with Crippen molar-refractivity contribution in [1.29, 1.82) is 0 Å². The quantitative estimate of drug-likeness (QED) is 0.364. The summed E-state index contributed by atoms with van der Waals surface area (Å²) in [5, 5.41) is 0. The van der Waals surface area contributed by atoms with Crippen molar-refractivity contribution in [3.63, 3.8) is 0 Å². The van der Waals surface area contributed by atoms with Gasteiger partial charge in [0.05, 0.1) is 0 Å². The molecule has 2 fully saturated rings. The maximum atomic E-state index is 2.32. The largest absolute Gasteiger partial charge is 0.0654 e. The molecular formula is C25H48. The van der Waals surface area contributed by atoms with Gasteiger partial charge in [-0.1, -0.05) is 129 Å². The van der Waals surface area contributed by atoms with Crippen molar-refractivity contribution in [3.05, 3.63) is 0 Å². The summed E-state index contributed by atoms with van der Waals surface area (Å²) in [6.45, 7) is 2.32. The summed E-state index contributed by atoms with van der Waals surface area (Å²) in [5.41, 5.74) is 0. The molecule has 2 aliphatic rings. The average Bonchev–Trinajstić information content (AvgIpc) is 2.99. The summed E-state index contributed by atoms with van der Waals surface area (Å²) in [6.07, 6.45) is 31.9. The van der Waals surface area contributed by atoms with Gasteiger partial charge in [0, 0.05) is 0 Å². The number of fused-ring (bicyclic) bond motifs is 1. The topological polar surface area (TPSA) is 0 Å². The normalized spacial score (nSPS) is 28.9. The second kappa shape index (κ2) is 14.1. The lowest BCUT2D eigenvalue weighted by Crippen LogP contribution is -2.08. The van der Waals surface area contributed by atoms with E-state index < -0.39 is 0 Å². The molecule has 0 aromatic rings. The Labute approximate surface area is 159 Å². The van der Waals surface area contributed by atoms with Crippen LogP contribution in [-0.4, -0.2) is 0 Å². The zero-order valence-electron chi connectivity index (χ0n) is 17.6. The highest BCUT2D eigenvalue weighted by atomic mass is 14.4. The second-order valence-corrected chi connectivity index (χ2v) is 9.53. The van der Waals surface area contributed by atoms with E-state index in [-0.39, 0.29) is 0 Å². The van der Waals surface area contributed by atoms with Crippen LogP contribution in [0.25, 0.3) is 0 Å². The van der Waals surface area contributed by atoms with Crippen molar-refractivity contribution in [2.24, 2.45) is 17.8 Å². The van der Waals surface area contributed by atoms with Crippen molar-refractivity contribution in [1.82, 2.24) is 0 Å². The number of unbranched alkanes of at least 4 members (excludes halogenated alkanes) is 7. The van der Waals surface area contributed by atoms with Crippen LogP contribution in [-0.2, 0) is 0 Å². The van der Waals surface area contributed by atoms with Gasteiger partial charge >= 0.3 is 0 Å². The first-order valence-corrected chi connectivity index (χ1v) is 12.4. The molecule has 0 aromatic carbocycles. The summed E-state index contributed by atoms with van der Waals surface area (Å²) >= 11 is 0. The smallest absolute Gasteiger partial charge is 0.0383 e. The fourth-order valence-corrected chi connectivity index (χ4v) is 5.72. The maximum absolute atomic E-state index is 2.32. The molecule has 0 aromatic heterocycles. The third kappa shape index (κ3) is 9.48. The third-order valence-corrected chi connectivity index (χ3v) is 7.30. The molecule has 0 saturated heterocycles. The highest BCUT2D eigenvalue weighted by molar-refractivity contribution is 4.83. The minimum absolute atomic E-state index is 1.10. The molecule has 0 amide bonds. The van der Waals surface area contributed by atoms with Gasteiger partial charge < -0.3 is 0 Å². The van der Waals surface area contributed by atoms with Gasteiger partial charge in [0.1, 0.15) is 0 Å². The molecule has 0 heterocycles. The lowest BCUT2D eigenvalue weighted by atomic mass is 9.86. The Morgan fingerprint density at radius 3 is 1.48 bits per heavy atom. The molecule has 0 heteroatoms. The molecule has 2 atom stereocenters. The lowest BCUT2D eigenvalue weighted by Gasteiger charge is -2.20. The molecule has 2 saturated carbocycles. The SMILES string of the molecule is CCCCCCCCCCC1CC2CCCCCCCCCCC2C1. The van der Waals surface area contributed by atoms with Crippen molar-refractivity contribution < 1.29 is 0 Å². The van der Waals surface area contributed by atoms with Gasteiger partial charge in [-0.2, -0.15) is 0 Å². The molecule has 0 spiro atoms. The molecular weight excluding hydrogens is 300 g/mol. The maximum Gasteiger partial charge on any atom is -0.0383 e. The number of rotatable bonds is 9. The molecule has 2 aliphatic carbocycles. The Bertz CT molecular complexity index is 274. The van der Waals surface area contributed by atoms with Crippen molar-refractivity contribution in [3.8, 4) is 0 Å². The first-order chi connectivity index (χ1) is 12.4. The predicted molar refractivity (Wildman–Crippen MR) is 113 cm³/mol. The fourth-order valence-electron chi connectivity index (χ4n) is 5.72. The lowest BCUT2D eigenvalue weighted by molar-refractivity contribution is 0.318. The van der Waals surface area contributed by atoms with Crippen LogP contribution in [0.4, 0.5) is 0 Å². The average molecular weight is 349 g/mol. The molecule has 0 radical (unpaired) electrons. The van der Waals surface area contributed by atoms with E-state index in [0.29, 0.717) is 0 Å². The zero-order valence-corrected chi connectivity index (χ0v) is 17.6. The van der Waals surface area contributed by atoms with E-state index >= 15 is 0 Å². The summed E-state index contributed by atoms with van der Waals surface area (Å²) < 4.78 is 0. The van der Waals surface area contributed by atoms with Gasteiger partial charge in [0.25, 0.3) is 0 Å². The first kappa shape index (κ1) is 21.3. The second-order valence-electron chi connectivity index (χ2n) is 9.53. The molecule has 2 rings (SSSR count). The van der Waals surface area contributed by atoms with Crippen LogP contribution < -0.4 is 0 Å². The van der Waals surface area contributed by atoms with E-state index in [9.17, 15) is 0 Å². The molecule has 0 bridgehead atoms. The van der Waals surface area contributed by atoms with Crippen LogP contribution in [0, 0.1) is 17.8 Å². The summed E-state index contributed by atoms with van der Waals surface area (Å²) in [4.78, 5) is 0. The van der Waals surface area contributed by atoms with E-state index in [1.54, 1.807) is 32.1 Å². The molecule has 25 heavy (non-hydrogen) atoms. The van der Waals surface area contributed by atoms with Crippen LogP contribution in [0.3, 0.4) is 0 Å². The Hall–Kier alpha value is 0. The third-order valence-electron chi connectivity index (χ3n) is 7.30. The van der Waals surface area contributed by atoms with E-state index in [4.69, 9.17) is 0 Å². The van der Waals surface area contributed by atoms with Gasteiger partial charge in [-0.05, 0) is 30.6 Å². The van der Waals surface area contributed by atoms with Crippen molar-refractivity contribution in [2.75, 3.05) is 0 Å². The van der Waals surface area contributed by atoms with Crippen LogP contribution in [0.15, 0.2) is 0 Å². The predicted octanol–water partition coefficient (Wildman–Crippen LogP) is 9.07.